The molecule has 1 atom stereocenters. The van der Waals surface area contributed by atoms with Crippen molar-refractivity contribution < 1.29 is 4.79 Å². The molecule has 0 aromatic heterocycles. The van der Waals surface area contributed by atoms with Gasteiger partial charge in [0.2, 0.25) is 0 Å². The molecule has 0 spiro atoms. The number of nitrogens with zero attached hydrogens (tertiary/aromatic N) is 3. The second-order valence-electron chi connectivity index (χ2n) is 8.62. The molecular formula is C25H33N3O. The van der Waals surface area contributed by atoms with Gasteiger partial charge in [-0.25, -0.2) is 0 Å². The van der Waals surface area contributed by atoms with Crippen LogP contribution in [0, 0.1) is 5.92 Å². The van der Waals surface area contributed by atoms with Crippen molar-refractivity contribution in [2.24, 2.45) is 5.92 Å². The van der Waals surface area contributed by atoms with Crippen molar-refractivity contribution in [3.63, 3.8) is 0 Å². The highest BCUT2D eigenvalue weighted by Gasteiger charge is 2.31. The Morgan fingerprint density at radius 1 is 0.862 bits per heavy atom. The standard InChI is InChI=1S/C25H33N3O/c1-20(27-18-16-26(2)17-19-27)21-12-14-28(15-13-21)25(29)24-11-7-6-10-23(24)22-8-4-3-5-9-22/h3-11,20-21H,12-19H2,1-2H3. The van der Waals surface area contributed by atoms with Crippen molar-refractivity contribution in [1.82, 2.24) is 14.7 Å². The number of likely N-dealkylation sites (N-methyl/N-ethyl adjacent to an activating group) is 1. The lowest BCUT2D eigenvalue weighted by Crippen LogP contribution is -2.52. The van der Waals surface area contributed by atoms with Gasteiger partial charge in [0.1, 0.15) is 0 Å². The van der Waals surface area contributed by atoms with E-state index in [-0.39, 0.29) is 5.91 Å². The van der Waals surface area contributed by atoms with E-state index in [2.05, 4.69) is 46.9 Å². The van der Waals surface area contributed by atoms with Gasteiger partial charge in [0.15, 0.2) is 0 Å². The van der Waals surface area contributed by atoms with Crippen molar-refractivity contribution >= 4 is 5.91 Å². The van der Waals surface area contributed by atoms with Gasteiger partial charge in [0.25, 0.3) is 5.91 Å². The van der Waals surface area contributed by atoms with Crippen LogP contribution in [0.1, 0.15) is 30.1 Å². The molecule has 2 aliphatic rings. The van der Waals surface area contributed by atoms with Crippen molar-refractivity contribution in [1.29, 1.82) is 0 Å². The summed E-state index contributed by atoms with van der Waals surface area (Å²) in [7, 11) is 2.21. The molecule has 4 nitrogen and oxygen atoms in total. The largest absolute Gasteiger partial charge is 0.339 e. The van der Waals surface area contributed by atoms with E-state index in [0.29, 0.717) is 12.0 Å². The average molecular weight is 392 g/mol. The number of hydrogen-bond acceptors (Lipinski definition) is 3. The summed E-state index contributed by atoms with van der Waals surface area (Å²) in [5.41, 5.74) is 2.96. The number of hydrogen-bond donors (Lipinski definition) is 0. The molecule has 2 heterocycles. The molecule has 29 heavy (non-hydrogen) atoms. The number of carbonyl (C=O) groups excluding carboxylic acids is 1. The number of carbonyl (C=O) groups is 1. The molecule has 0 radical (unpaired) electrons. The fourth-order valence-corrected chi connectivity index (χ4v) is 4.82. The van der Waals surface area contributed by atoms with Crippen LogP contribution in [-0.4, -0.2) is 73.0 Å². The quantitative estimate of drug-likeness (QED) is 0.792. The SMILES string of the molecule is CC(C1CCN(C(=O)c2ccccc2-c2ccccc2)CC1)N1CCN(C)CC1. The van der Waals surface area contributed by atoms with Gasteiger partial charge in [-0.15, -0.1) is 0 Å². The Bertz CT molecular complexity index is 806. The average Bonchev–Trinajstić information content (AvgIpc) is 2.79. The van der Waals surface area contributed by atoms with Crippen molar-refractivity contribution in [2.75, 3.05) is 46.3 Å². The maximum atomic E-state index is 13.3. The molecular weight excluding hydrogens is 358 g/mol. The van der Waals surface area contributed by atoms with Crippen molar-refractivity contribution in [3.05, 3.63) is 60.2 Å². The topological polar surface area (TPSA) is 26.8 Å². The Hall–Kier alpha value is -2.17. The van der Waals surface area contributed by atoms with Crippen LogP contribution in [0.4, 0.5) is 0 Å². The van der Waals surface area contributed by atoms with E-state index >= 15 is 0 Å². The zero-order valence-corrected chi connectivity index (χ0v) is 17.8. The molecule has 2 aromatic carbocycles. The molecule has 154 valence electrons. The second-order valence-corrected chi connectivity index (χ2v) is 8.62. The molecule has 4 rings (SSSR count). The Morgan fingerprint density at radius 3 is 2.17 bits per heavy atom. The van der Waals surface area contributed by atoms with Crippen LogP contribution in [0.2, 0.25) is 0 Å². The van der Waals surface area contributed by atoms with Gasteiger partial charge in [-0.3, -0.25) is 9.69 Å². The second kappa shape index (κ2) is 9.10. The van der Waals surface area contributed by atoms with Crippen LogP contribution in [-0.2, 0) is 0 Å². The van der Waals surface area contributed by atoms with Gasteiger partial charge in [-0.1, -0.05) is 48.5 Å². The smallest absolute Gasteiger partial charge is 0.254 e. The van der Waals surface area contributed by atoms with Gasteiger partial charge in [-0.05, 0) is 49.9 Å². The molecule has 0 aliphatic carbocycles. The predicted octanol–water partition coefficient (Wildman–Crippen LogP) is 3.84. The summed E-state index contributed by atoms with van der Waals surface area (Å²) in [5.74, 6) is 0.863. The first-order chi connectivity index (χ1) is 14.1. The first kappa shape index (κ1) is 20.1. The minimum absolute atomic E-state index is 0.176. The molecule has 1 amide bonds. The van der Waals surface area contributed by atoms with Crippen LogP contribution in [0.3, 0.4) is 0 Å². The maximum Gasteiger partial charge on any atom is 0.254 e. The maximum absolute atomic E-state index is 13.3. The van der Waals surface area contributed by atoms with Gasteiger partial charge >= 0.3 is 0 Å². The van der Waals surface area contributed by atoms with Crippen LogP contribution in [0.15, 0.2) is 54.6 Å². The van der Waals surface area contributed by atoms with Crippen molar-refractivity contribution in [3.8, 4) is 11.1 Å². The number of amides is 1. The molecule has 4 heteroatoms. The van der Waals surface area contributed by atoms with E-state index < -0.39 is 0 Å². The molecule has 1 unspecified atom stereocenters. The zero-order chi connectivity index (χ0) is 20.2. The molecule has 2 fully saturated rings. The van der Waals surface area contributed by atoms with E-state index in [4.69, 9.17) is 0 Å². The Labute approximate surface area is 175 Å². The molecule has 0 bridgehead atoms. The number of piperazine rings is 1. The summed E-state index contributed by atoms with van der Waals surface area (Å²) < 4.78 is 0. The van der Waals surface area contributed by atoms with Crippen LogP contribution >= 0.6 is 0 Å². The van der Waals surface area contributed by atoms with Crippen molar-refractivity contribution in [2.45, 2.75) is 25.8 Å². The summed E-state index contributed by atoms with van der Waals surface area (Å²) in [4.78, 5) is 20.4. The zero-order valence-electron chi connectivity index (χ0n) is 17.8. The number of likely N-dealkylation sites (tertiary alicyclic amines) is 1. The van der Waals surface area contributed by atoms with Crippen LogP contribution in [0.5, 0.6) is 0 Å². The summed E-state index contributed by atoms with van der Waals surface area (Å²) >= 11 is 0. The Kier molecular flexibility index (Phi) is 6.31. The molecule has 0 N–H and O–H groups in total. The summed E-state index contributed by atoms with van der Waals surface area (Å²) in [6, 6.07) is 18.9. The first-order valence-electron chi connectivity index (χ1n) is 11.0. The third-order valence-corrected chi connectivity index (χ3v) is 6.87. The van der Waals surface area contributed by atoms with Crippen LogP contribution < -0.4 is 0 Å². The van der Waals surface area contributed by atoms with E-state index in [1.165, 1.54) is 13.1 Å². The molecule has 2 aliphatic heterocycles. The Morgan fingerprint density at radius 2 is 1.48 bits per heavy atom. The molecule has 0 saturated carbocycles. The lowest BCUT2D eigenvalue weighted by atomic mass is 9.88. The van der Waals surface area contributed by atoms with Crippen LogP contribution in [0.25, 0.3) is 11.1 Å². The summed E-state index contributed by atoms with van der Waals surface area (Å²) in [6.07, 6.45) is 2.21. The van der Waals surface area contributed by atoms with E-state index in [0.717, 1.165) is 55.7 Å². The van der Waals surface area contributed by atoms with Gasteiger partial charge in [-0.2, -0.15) is 0 Å². The predicted molar refractivity (Wildman–Crippen MR) is 119 cm³/mol. The van der Waals surface area contributed by atoms with Gasteiger partial charge in [0.05, 0.1) is 0 Å². The summed E-state index contributed by atoms with van der Waals surface area (Å²) in [5, 5.41) is 0. The Balaban J connectivity index is 1.40. The highest BCUT2D eigenvalue weighted by Crippen LogP contribution is 2.28. The van der Waals surface area contributed by atoms with Gasteiger partial charge in [0, 0.05) is 50.9 Å². The highest BCUT2D eigenvalue weighted by atomic mass is 16.2. The monoisotopic (exact) mass is 391 g/mol. The highest BCUT2D eigenvalue weighted by molar-refractivity contribution is 6.00. The van der Waals surface area contributed by atoms with E-state index in [9.17, 15) is 4.79 Å². The number of rotatable bonds is 4. The lowest BCUT2D eigenvalue weighted by Gasteiger charge is -2.42. The minimum Gasteiger partial charge on any atom is -0.339 e. The number of benzene rings is 2. The third kappa shape index (κ3) is 4.54. The third-order valence-electron chi connectivity index (χ3n) is 6.87. The first-order valence-corrected chi connectivity index (χ1v) is 11.0. The lowest BCUT2D eigenvalue weighted by molar-refractivity contribution is 0.0500. The fraction of sp³-hybridized carbons (Fsp3) is 0.480. The van der Waals surface area contributed by atoms with E-state index in [1.54, 1.807) is 0 Å². The molecule has 2 aromatic rings. The van der Waals surface area contributed by atoms with E-state index in [1.807, 2.05) is 36.4 Å². The molecule has 2 saturated heterocycles. The van der Waals surface area contributed by atoms with Gasteiger partial charge < -0.3 is 9.80 Å². The summed E-state index contributed by atoms with van der Waals surface area (Å²) in [6.45, 7) is 8.78. The number of piperidine rings is 1. The fourth-order valence-electron chi connectivity index (χ4n) is 4.82. The normalized spacial score (nSPS) is 20.6. The minimum atomic E-state index is 0.176.